The van der Waals surface area contributed by atoms with E-state index in [0.29, 0.717) is 12.2 Å². The molecule has 0 saturated carbocycles. The zero-order valence-corrected chi connectivity index (χ0v) is 12.5. The van der Waals surface area contributed by atoms with E-state index in [2.05, 4.69) is 9.97 Å². The maximum atomic E-state index is 12.5. The van der Waals surface area contributed by atoms with Crippen molar-refractivity contribution in [3.8, 4) is 0 Å². The van der Waals surface area contributed by atoms with Crippen LogP contribution in [0.15, 0.2) is 47.6 Å². The molecule has 7 heteroatoms. The summed E-state index contributed by atoms with van der Waals surface area (Å²) in [5.74, 6) is 0. The van der Waals surface area contributed by atoms with Gasteiger partial charge in [0.15, 0.2) is 0 Å². The third kappa shape index (κ3) is 3.33. The molecule has 2 heterocycles. The minimum atomic E-state index is -3.59. The van der Waals surface area contributed by atoms with Gasteiger partial charge in [0.25, 0.3) is 0 Å². The van der Waals surface area contributed by atoms with Crippen LogP contribution in [0.1, 0.15) is 12.6 Å². The van der Waals surface area contributed by atoms with Crippen molar-refractivity contribution in [3.05, 3.63) is 53.6 Å². The molecule has 0 spiro atoms. The highest BCUT2D eigenvalue weighted by molar-refractivity contribution is 7.89. The van der Waals surface area contributed by atoms with E-state index < -0.39 is 10.0 Å². The molecule has 0 fully saturated rings. The van der Waals surface area contributed by atoms with Crippen molar-refractivity contribution in [1.29, 1.82) is 0 Å². The van der Waals surface area contributed by atoms with Crippen molar-refractivity contribution in [1.82, 2.24) is 14.3 Å². The molecule has 2 aromatic rings. The third-order valence-corrected chi connectivity index (χ3v) is 4.88. The first-order chi connectivity index (χ1) is 9.54. The topological polar surface area (TPSA) is 63.2 Å². The Hall–Kier alpha value is -1.50. The van der Waals surface area contributed by atoms with Crippen LogP contribution in [0.5, 0.6) is 0 Å². The average molecular weight is 312 g/mol. The quantitative estimate of drug-likeness (QED) is 0.795. The fraction of sp³-hybridized carbons (Fsp3) is 0.231. The van der Waals surface area contributed by atoms with Gasteiger partial charge in [-0.3, -0.25) is 4.98 Å². The highest BCUT2D eigenvalue weighted by atomic mass is 35.5. The van der Waals surface area contributed by atoms with Gasteiger partial charge in [0.2, 0.25) is 10.0 Å². The van der Waals surface area contributed by atoms with Gasteiger partial charge in [-0.2, -0.15) is 4.31 Å². The smallest absolute Gasteiger partial charge is 0.244 e. The van der Waals surface area contributed by atoms with Gasteiger partial charge < -0.3 is 0 Å². The van der Waals surface area contributed by atoms with Crippen molar-refractivity contribution in [2.24, 2.45) is 0 Å². The van der Waals surface area contributed by atoms with Crippen LogP contribution in [0.4, 0.5) is 0 Å². The van der Waals surface area contributed by atoms with Crippen molar-refractivity contribution < 1.29 is 8.42 Å². The molecule has 106 valence electrons. The summed E-state index contributed by atoms with van der Waals surface area (Å²) in [4.78, 5) is 8.08. The summed E-state index contributed by atoms with van der Waals surface area (Å²) in [6.45, 7) is 2.35. The van der Waals surface area contributed by atoms with Crippen molar-refractivity contribution in [2.45, 2.75) is 18.4 Å². The Bertz CT molecular complexity index is 660. The number of aromatic nitrogens is 2. The summed E-state index contributed by atoms with van der Waals surface area (Å²) in [7, 11) is -3.59. The molecule has 20 heavy (non-hydrogen) atoms. The molecule has 0 radical (unpaired) electrons. The fourth-order valence-corrected chi connectivity index (χ4v) is 3.18. The van der Waals surface area contributed by atoms with Gasteiger partial charge >= 0.3 is 0 Å². The molecule has 0 aliphatic carbocycles. The van der Waals surface area contributed by atoms with Crippen molar-refractivity contribution in [2.75, 3.05) is 6.54 Å². The summed E-state index contributed by atoms with van der Waals surface area (Å²) in [6, 6.07) is 8.32. The molecule has 0 aliphatic rings. The van der Waals surface area contributed by atoms with E-state index in [1.54, 1.807) is 25.3 Å². The second kappa shape index (κ2) is 6.30. The molecular weight excluding hydrogens is 298 g/mol. The summed E-state index contributed by atoms with van der Waals surface area (Å²) in [5.41, 5.74) is 0.694. The van der Waals surface area contributed by atoms with Crippen LogP contribution in [-0.4, -0.2) is 29.2 Å². The number of sulfonamides is 1. The molecule has 2 rings (SSSR count). The SMILES string of the molecule is CCN(Cc1ccccn1)S(=O)(=O)c1ccc(Cl)nc1. The number of rotatable bonds is 5. The molecule has 0 N–H and O–H groups in total. The first-order valence-electron chi connectivity index (χ1n) is 6.05. The predicted molar refractivity (Wildman–Crippen MR) is 76.8 cm³/mol. The second-order valence-electron chi connectivity index (χ2n) is 4.07. The van der Waals surface area contributed by atoms with Gasteiger partial charge in [-0.25, -0.2) is 13.4 Å². The van der Waals surface area contributed by atoms with E-state index >= 15 is 0 Å². The fourth-order valence-electron chi connectivity index (χ4n) is 1.70. The van der Waals surface area contributed by atoms with E-state index in [0.717, 1.165) is 0 Å². The third-order valence-electron chi connectivity index (χ3n) is 2.76. The number of halogens is 1. The second-order valence-corrected chi connectivity index (χ2v) is 6.39. The summed E-state index contributed by atoms with van der Waals surface area (Å²) in [6.07, 6.45) is 2.90. The number of hydrogen-bond acceptors (Lipinski definition) is 4. The van der Waals surface area contributed by atoms with Gasteiger partial charge in [0, 0.05) is 18.9 Å². The Labute approximate surface area is 123 Å². The molecule has 0 bridgehead atoms. The van der Waals surface area contributed by atoms with E-state index in [1.165, 1.54) is 22.6 Å². The Morgan fingerprint density at radius 2 is 2.00 bits per heavy atom. The largest absolute Gasteiger partial charge is 0.260 e. The molecule has 0 saturated heterocycles. The van der Waals surface area contributed by atoms with E-state index in [9.17, 15) is 8.42 Å². The molecular formula is C13H14ClN3O2S. The Balaban J connectivity index is 2.28. The lowest BCUT2D eigenvalue weighted by molar-refractivity contribution is 0.419. The maximum absolute atomic E-state index is 12.5. The van der Waals surface area contributed by atoms with Gasteiger partial charge in [-0.05, 0) is 24.3 Å². The van der Waals surface area contributed by atoms with E-state index in [1.807, 2.05) is 6.07 Å². The van der Waals surface area contributed by atoms with Crippen molar-refractivity contribution >= 4 is 21.6 Å². The Morgan fingerprint density at radius 1 is 1.20 bits per heavy atom. The van der Waals surface area contributed by atoms with Crippen LogP contribution >= 0.6 is 11.6 Å². The lowest BCUT2D eigenvalue weighted by Gasteiger charge is -2.19. The molecule has 0 atom stereocenters. The van der Waals surface area contributed by atoms with E-state index in [-0.39, 0.29) is 16.6 Å². The number of nitrogens with zero attached hydrogens (tertiary/aromatic N) is 3. The highest BCUT2D eigenvalue weighted by Gasteiger charge is 2.23. The molecule has 5 nitrogen and oxygen atoms in total. The lowest BCUT2D eigenvalue weighted by atomic mass is 10.3. The first kappa shape index (κ1) is 14.9. The minimum Gasteiger partial charge on any atom is -0.260 e. The Kier molecular flexibility index (Phi) is 4.69. The van der Waals surface area contributed by atoms with Gasteiger partial charge in [0.1, 0.15) is 10.0 Å². The van der Waals surface area contributed by atoms with Crippen molar-refractivity contribution in [3.63, 3.8) is 0 Å². The highest BCUT2D eigenvalue weighted by Crippen LogP contribution is 2.18. The van der Waals surface area contributed by atoms with Gasteiger partial charge in [-0.1, -0.05) is 24.6 Å². The van der Waals surface area contributed by atoms with Crippen LogP contribution in [0.25, 0.3) is 0 Å². The monoisotopic (exact) mass is 311 g/mol. The van der Waals surface area contributed by atoms with Crippen LogP contribution in [0, 0.1) is 0 Å². The average Bonchev–Trinajstić information content (AvgIpc) is 2.46. The molecule has 2 aromatic heterocycles. The zero-order valence-electron chi connectivity index (χ0n) is 10.9. The van der Waals surface area contributed by atoms with Crippen LogP contribution in [0.3, 0.4) is 0 Å². The van der Waals surface area contributed by atoms with E-state index in [4.69, 9.17) is 11.6 Å². The minimum absolute atomic E-state index is 0.125. The van der Waals surface area contributed by atoms with Crippen LogP contribution in [-0.2, 0) is 16.6 Å². The lowest BCUT2D eigenvalue weighted by Crippen LogP contribution is -2.30. The first-order valence-corrected chi connectivity index (χ1v) is 7.87. The molecule has 0 aliphatic heterocycles. The normalized spacial score (nSPS) is 11.8. The number of hydrogen-bond donors (Lipinski definition) is 0. The standard InChI is InChI=1S/C13H14ClN3O2S/c1-2-17(10-11-5-3-4-8-15-11)20(18,19)12-6-7-13(14)16-9-12/h3-9H,2,10H2,1H3. The predicted octanol–water partition coefficient (Wildman–Crippen LogP) is 2.34. The van der Waals surface area contributed by atoms with Gasteiger partial charge in [-0.15, -0.1) is 0 Å². The molecule has 0 amide bonds. The molecule has 0 unspecified atom stereocenters. The maximum Gasteiger partial charge on any atom is 0.244 e. The zero-order chi connectivity index (χ0) is 14.6. The van der Waals surface area contributed by atoms with Crippen LogP contribution < -0.4 is 0 Å². The van der Waals surface area contributed by atoms with Gasteiger partial charge in [0.05, 0.1) is 12.2 Å². The number of pyridine rings is 2. The Morgan fingerprint density at radius 3 is 2.55 bits per heavy atom. The van der Waals surface area contributed by atoms with Crippen LogP contribution in [0.2, 0.25) is 5.15 Å². The summed E-state index contributed by atoms with van der Waals surface area (Å²) < 4.78 is 26.3. The summed E-state index contributed by atoms with van der Waals surface area (Å²) in [5, 5.41) is 0.261. The summed E-state index contributed by atoms with van der Waals surface area (Å²) >= 11 is 5.68. The molecule has 0 aromatic carbocycles.